The molecule has 1 aromatic rings. The second kappa shape index (κ2) is 10.7. The Hall–Kier alpha value is -2.72. The summed E-state index contributed by atoms with van der Waals surface area (Å²) >= 11 is 0. The van der Waals surface area contributed by atoms with Gasteiger partial charge in [-0.25, -0.2) is 9.78 Å². The number of aliphatic imine (C=N–C) groups is 1. The molecular formula is C18H26F3N5O3. The molecule has 2 N–H and O–H groups in total. The van der Waals surface area contributed by atoms with Crippen LogP contribution in [-0.4, -0.2) is 67.5 Å². The van der Waals surface area contributed by atoms with Gasteiger partial charge in [-0.2, -0.15) is 13.2 Å². The van der Waals surface area contributed by atoms with E-state index >= 15 is 0 Å². The Morgan fingerprint density at radius 2 is 2.07 bits per heavy atom. The minimum Gasteiger partial charge on any atom is -0.468 e. The number of hydrogen-bond donors (Lipinski definition) is 2. The number of rotatable bonds is 6. The van der Waals surface area contributed by atoms with Crippen LogP contribution in [0, 0.1) is 0 Å². The first-order valence-electron chi connectivity index (χ1n) is 9.34. The van der Waals surface area contributed by atoms with Crippen molar-refractivity contribution < 1.29 is 27.4 Å². The highest BCUT2D eigenvalue weighted by Gasteiger charge is 2.28. The summed E-state index contributed by atoms with van der Waals surface area (Å²) in [5, 5.41) is 6.44. The summed E-state index contributed by atoms with van der Waals surface area (Å²) in [5.41, 5.74) is 0.768. The molecule has 1 saturated heterocycles. The van der Waals surface area contributed by atoms with Crippen molar-refractivity contribution in [3.05, 3.63) is 23.9 Å². The molecule has 0 atom stereocenters. The number of nitrogens with one attached hydrogen (secondary N) is 2. The molecular weight excluding hydrogens is 391 g/mol. The zero-order valence-electron chi connectivity index (χ0n) is 16.5. The van der Waals surface area contributed by atoms with E-state index in [-0.39, 0.29) is 18.0 Å². The third-order valence-corrected chi connectivity index (χ3v) is 4.23. The second-order valence-electron chi connectivity index (χ2n) is 6.44. The number of carbonyl (C=O) groups excluding carboxylic acids is 1. The number of likely N-dealkylation sites (tertiary alicyclic amines) is 1. The van der Waals surface area contributed by atoms with Gasteiger partial charge in [0, 0.05) is 45.0 Å². The number of nitrogens with zero attached hydrogens (tertiary/aromatic N) is 3. The molecule has 11 heteroatoms. The van der Waals surface area contributed by atoms with Gasteiger partial charge in [-0.3, -0.25) is 4.99 Å². The average Bonchev–Trinajstić information content (AvgIpc) is 2.70. The third-order valence-electron chi connectivity index (χ3n) is 4.23. The number of halogens is 3. The molecule has 0 radical (unpaired) electrons. The number of carbonyl (C=O) groups is 1. The lowest BCUT2D eigenvalue weighted by atomic mass is 10.1. The van der Waals surface area contributed by atoms with Gasteiger partial charge < -0.3 is 25.0 Å². The lowest BCUT2D eigenvalue weighted by Gasteiger charge is -2.32. The zero-order valence-corrected chi connectivity index (χ0v) is 16.5. The maximum atomic E-state index is 12.1. The lowest BCUT2D eigenvalue weighted by Crippen LogP contribution is -2.49. The molecule has 0 saturated carbocycles. The molecule has 2 rings (SSSR count). The van der Waals surface area contributed by atoms with Crippen LogP contribution in [-0.2, 0) is 11.3 Å². The van der Waals surface area contributed by atoms with E-state index in [2.05, 4.69) is 25.3 Å². The highest BCUT2D eigenvalue weighted by atomic mass is 19.4. The highest BCUT2D eigenvalue weighted by Crippen LogP contribution is 2.17. The number of alkyl halides is 3. The van der Waals surface area contributed by atoms with Gasteiger partial charge in [-0.15, -0.1) is 0 Å². The quantitative estimate of drug-likeness (QED) is 0.546. The van der Waals surface area contributed by atoms with E-state index in [1.165, 1.54) is 12.3 Å². The molecule has 1 aliphatic heterocycles. The monoisotopic (exact) mass is 417 g/mol. The predicted octanol–water partition coefficient (Wildman–Crippen LogP) is 2.31. The topological polar surface area (TPSA) is 88.1 Å². The first kappa shape index (κ1) is 22.6. The van der Waals surface area contributed by atoms with Gasteiger partial charge in [0.05, 0.1) is 6.61 Å². The number of piperidine rings is 1. The minimum atomic E-state index is -4.40. The Bertz CT molecular complexity index is 674. The van der Waals surface area contributed by atoms with E-state index < -0.39 is 12.8 Å². The maximum Gasteiger partial charge on any atom is 0.422 e. The summed E-state index contributed by atoms with van der Waals surface area (Å²) in [6, 6.07) is 3.20. The molecule has 0 bridgehead atoms. The Labute approximate surface area is 167 Å². The van der Waals surface area contributed by atoms with E-state index in [0.717, 1.165) is 18.4 Å². The summed E-state index contributed by atoms with van der Waals surface area (Å²) in [7, 11) is 1.65. The van der Waals surface area contributed by atoms with Crippen LogP contribution in [0.25, 0.3) is 0 Å². The molecule has 0 unspecified atom stereocenters. The van der Waals surface area contributed by atoms with Crippen LogP contribution >= 0.6 is 0 Å². The average molecular weight is 417 g/mol. The smallest absolute Gasteiger partial charge is 0.422 e. The number of pyridine rings is 1. The highest BCUT2D eigenvalue weighted by molar-refractivity contribution is 5.80. The fourth-order valence-electron chi connectivity index (χ4n) is 2.75. The summed E-state index contributed by atoms with van der Waals surface area (Å²) < 4.78 is 46.0. The summed E-state index contributed by atoms with van der Waals surface area (Å²) in [5.74, 6) is 0.513. The molecule has 29 heavy (non-hydrogen) atoms. The molecule has 1 aliphatic rings. The predicted molar refractivity (Wildman–Crippen MR) is 101 cm³/mol. The van der Waals surface area contributed by atoms with E-state index in [9.17, 15) is 18.0 Å². The molecule has 1 aromatic heterocycles. The van der Waals surface area contributed by atoms with Gasteiger partial charge >= 0.3 is 12.3 Å². The molecule has 1 amide bonds. The molecule has 0 spiro atoms. The summed E-state index contributed by atoms with van der Waals surface area (Å²) in [6.45, 7) is 2.38. The molecule has 2 heterocycles. The van der Waals surface area contributed by atoms with Gasteiger partial charge in [0.25, 0.3) is 0 Å². The van der Waals surface area contributed by atoms with E-state index in [1.54, 1.807) is 24.9 Å². The van der Waals surface area contributed by atoms with E-state index in [0.29, 0.717) is 32.2 Å². The minimum absolute atomic E-state index is 0.0815. The number of hydrogen-bond acceptors (Lipinski definition) is 5. The molecule has 8 nitrogen and oxygen atoms in total. The number of ether oxygens (including phenoxy) is 2. The second-order valence-corrected chi connectivity index (χ2v) is 6.44. The number of guanidine groups is 1. The van der Waals surface area contributed by atoms with Crippen molar-refractivity contribution in [2.45, 2.75) is 38.5 Å². The number of aromatic nitrogens is 1. The van der Waals surface area contributed by atoms with Crippen molar-refractivity contribution >= 4 is 12.1 Å². The first-order chi connectivity index (χ1) is 13.8. The molecule has 1 fully saturated rings. The van der Waals surface area contributed by atoms with Crippen LogP contribution in [0.4, 0.5) is 18.0 Å². The fourth-order valence-corrected chi connectivity index (χ4v) is 2.75. The SMILES string of the molecule is CCOC(=O)N1CCC(NC(=NC)NCc2ccc(OCC(F)(F)F)nc2)CC1. The van der Waals surface area contributed by atoms with Crippen molar-refractivity contribution in [2.75, 3.05) is 33.4 Å². The van der Waals surface area contributed by atoms with Gasteiger partial charge in [0.15, 0.2) is 12.6 Å². The Morgan fingerprint density at radius 1 is 1.34 bits per heavy atom. The Balaban J connectivity index is 1.74. The van der Waals surface area contributed by atoms with Crippen LogP contribution in [0.15, 0.2) is 23.3 Å². The van der Waals surface area contributed by atoms with E-state index in [1.807, 2.05) is 0 Å². The van der Waals surface area contributed by atoms with Gasteiger partial charge in [0.2, 0.25) is 5.88 Å². The summed E-state index contributed by atoms with van der Waals surface area (Å²) in [4.78, 5) is 21.5. The van der Waals surface area contributed by atoms with Crippen LogP contribution in [0.1, 0.15) is 25.3 Å². The van der Waals surface area contributed by atoms with Crippen molar-refractivity contribution in [3.63, 3.8) is 0 Å². The standard InChI is InChI=1S/C18H26F3N5O3/c1-3-28-17(27)26-8-6-14(7-9-26)25-16(22-2)24-11-13-4-5-15(23-10-13)29-12-18(19,20)21/h4-5,10,14H,3,6-9,11-12H2,1-2H3,(H2,22,24,25). The molecule has 0 aromatic carbocycles. The van der Waals surface area contributed by atoms with Gasteiger partial charge in [-0.05, 0) is 25.3 Å². The largest absolute Gasteiger partial charge is 0.468 e. The van der Waals surface area contributed by atoms with E-state index in [4.69, 9.17) is 4.74 Å². The zero-order chi connectivity index (χ0) is 21.3. The van der Waals surface area contributed by atoms with Crippen LogP contribution in [0.2, 0.25) is 0 Å². The van der Waals surface area contributed by atoms with Crippen LogP contribution in [0.5, 0.6) is 5.88 Å². The van der Waals surface area contributed by atoms with Crippen LogP contribution < -0.4 is 15.4 Å². The molecule has 162 valence electrons. The Kier molecular flexibility index (Phi) is 8.34. The van der Waals surface area contributed by atoms with Crippen molar-refractivity contribution in [1.82, 2.24) is 20.5 Å². The van der Waals surface area contributed by atoms with Crippen molar-refractivity contribution in [2.24, 2.45) is 4.99 Å². The van der Waals surface area contributed by atoms with Crippen molar-refractivity contribution in [3.8, 4) is 5.88 Å². The van der Waals surface area contributed by atoms with Crippen LogP contribution in [0.3, 0.4) is 0 Å². The maximum absolute atomic E-state index is 12.1. The normalized spacial score (nSPS) is 15.8. The lowest BCUT2D eigenvalue weighted by molar-refractivity contribution is -0.154. The van der Waals surface area contributed by atoms with Gasteiger partial charge in [-0.1, -0.05) is 6.07 Å². The number of amides is 1. The van der Waals surface area contributed by atoms with Gasteiger partial charge in [0.1, 0.15) is 0 Å². The Morgan fingerprint density at radius 3 is 2.62 bits per heavy atom. The molecule has 0 aliphatic carbocycles. The first-order valence-corrected chi connectivity index (χ1v) is 9.34. The fraction of sp³-hybridized carbons (Fsp3) is 0.611. The third kappa shape index (κ3) is 8.04. The van der Waals surface area contributed by atoms with Crippen molar-refractivity contribution in [1.29, 1.82) is 0 Å². The summed E-state index contributed by atoms with van der Waals surface area (Å²) in [6.07, 6.45) is -1.70.